The summed E-state index contributed by atoms with van der Waals surface area (Å²) in [5, 5.41) is 18.9. The van der Waals surface area contributed by atoms with Crippen LogP contribution < -0.4 is 10.1 Å². The van der Waals surface area contributed by atoms with E-state index in [-0.39, 0.29) is 18.4 Å². The summed E-state index contributed by atoms with van der Waals surface area (Å²) in [5.41, 5.74) is 5.87. The van der Waals surface area contributed by atoms with Crippen molar-refractivity contribution in [3.05, 3.63) is 53.1 Å². The number of methoxy groups -OCH3 is 1. The number of carboxylic acids is 1. The fourth-order valence-corrected chi connectivity index (χ4v) is 7.09. The summed E-state index contributed by atoms with van der Waals surface area (Å²) in [6.45, 7) is 11.0. The number of rotatable bonds is 11. The van der Waals surface area contributed by atoms with Crippen LogP contribution in [0.25, 0.3) is 33.5 Å². The Morgan fingerprint density at radius 1 is 1.22 bits per heavy atom. The molecule has 0 aliphatic carbocycles. The summed E-state index contributed by atoms with van der Waals surface area (Å²) in [6.07, 6.45) is 3.60. The number of hydrogen-bond acceptors (Lipinski definition) is 7. The van der Waals surface area contributed by atoms with Gasteiger partial charge in [0.15, 0.2) is 23.6 Å². The average molecular weight is 650 g/mol. The number of carboxylic acid groups (broad SMARTS) is 1. The molecule has 2 atom stereocenters. The summed E-state index contributed by atoms with van der Waals surface area (Å²) < 4.78 is 36.7. The molecule has 0 saturated carbocycles. The Bertz CT molecular complexity index is 1740. The number of aliphatic carboxylic acids is 1. The van der Waals surface area contributed by atoms with Crippen molar-refractivity contribution in [3.8, 4) is 28.4 Å². The number of hydrogen-bond donors (Lipinski definition) is 2. The maximum absolute atomic E-state index is 15.0. The van der Waals surface area contributed by atoms with E-state index in [0.29, 0.717) is 44.4 Å². The van der Waals surface area contributed by atoms with Gasteiger partial charge in [0.2, 0.25) is 0 Å². The van der Waals surface area contributed by atoms with E-state index in [9.17, 15) is 14.3 Å². The van der Waals surface area contributed by atoms with Crippen molar-refractivity contribution in [2.45, 2.75) is 90.3 Å². The second-order valence-corrected chi connectivity index (χ2v) is 19.0. The second kappa shape index (κ2) is 13.3. The van der Waals surface area contributed by atoms with Gasteiger partial charge in [0, 0.05) is 39.6 Å². The average Bonchev–Trinajstić information content (AvgIpc) is 3.60. The fourth-order valence-electron chi connectivity index (χ4n) is 6.33. The predicted molar refractivity (Wildman–Crippen MR) is 177 cm³/mol. The summed E-state index contributed by atoms with van der Waals surface area (Å²) in [6, 6.07) is 9.72. The van der Waals surface area contributed by atoms with E-state index >= 15 is 0 Å². The molecule has 0 bridgehead atoms. The third kappa shape index (κ3) is 6.48. The van der Waals surface area contributed by atoms with Gasteiger partial charge in [-0.2, -0.15) is 5.10 Å². The minimum Gasteiger partial charge on any atom is -0.494 e. The molecule has 2 aliphatic rings. The maximum atomic E-state index is 15.0. The van der Waals surface area contributed by atoms with Crippen molar-refractivity contribution in [3.63, 3.8) is 0 Å². The fraction of sp³-hybridized carbons (Fsp3) is 0.500. The van der Waals surface area contributed by atoms with Gasteiger partial charge in [0.05, 0.1) is 24.0 Å². The standard InChI is InChI=1S/C34H44FN5O5Si/c1-6-21-16-30(43-2)25(35)17-24(21)22-10-11-23-28(15-22)40(31-9-7-8-12-45-31)38-32(23)33-37-26-18-27(34(41)42)36-19-29(26)39(33)20-44-13-14-46(3,4)5/h10-11,15-17,27,31,36H,6-9,12-14,18-20H2,1-5H3,(H,41,42). The molecular formula is C34H44FN5O5Si. The van der Waals surface area contributed by atoms with E-state index in [4.69, 9.17) is 24.3 Å². The normalized spacial score (nSPS) is 18.6. The van der Waals surface area contributed by atoms with E-state index in [1.54, 1.807) is 12.1 Å². The van der Waals surface area contributed by atoms with Crippen molar-refractivity contribution in [2.75, 3.05) is 20.3 Å². The van der Waals surface area contributed by atoms with E-state index in [0.717, 1.165) is 64.3 Å². The number of benzene rings is 2. The lowest BCUT2D eigenvalue weighted by molar-refractivity contribution is -0.139. The Balaban J connectivity index is 1.48. The first-order chi connectivity index (χ1) is 22.1. The van der Waals surface area contributed by atoms with Crippen molar-refractivity contribution >= 4 is 24.9 Å². The monoisotopic (exact) mass is 649 g/mol. The van der Waals surface area contributed by atoms with Crippen LogP contribution in [0.5, 0.6) is 5.75 Å². The van der Waals surface area contributed by atoms with Crippen molar-refractivity contribution in [2.24, 2.45) is 0 Å². The van der Waals surface area contributed by atoms with Gasteiger partial charge >= 0.3 is 5.97 Å². The highest BCUT2D eigenvalue weighted by molar-refractivity contribution is 6.76. The minimum absolute atomic E-state index is 0.229. The number of aryl methyl sites for hydroxylation is 1. The zero-order chi connectivity index (χ0) is 32.6. The third-order valence-electron chi connectivity index (χ3n) is 9.00. The lowest BCUT2D eigenvalue weighted by Gasteiger charge is -2.23. The molecule has 2 unspecified atom stereocenters. The highest BCUT2D eigenvalue weighted by Gasteiger charge is 2.32. The summed E-state index contributed by atoms with van der Waals surface area (Å²) in [4.78, 5) is 16.9. The molecule has 1 fully saturated rings. The molecule has 0 radical (unpaired) electrons. The van der Waals surface area contributed by atoms with Gasteiger partial charge in [0.1, 0.15) is 18.5 Å². The zero-order valence-electron chi connectivity index (χ0n) is 27.4. The molecule has 0 amide bonds. The molecule has 0 spiro atoms. The zero-order valence-corrected chi connectivity index (χ0v) is 28.4. The minimum atomic E-state index is -1.30. The molecule has 4 aromatic rings. The quantitative estimate of drug-likeness (QED) is 0.142. The van der Waals surface area contributed by atoms with Gasteiger partial charge < -0.3 is 23.9 Å². The van der Waals surface area contributed by atoms with Gasteiger partial charge in [0.25, 0.3) is 0 Å². The van der Waals surface area contributed by atoms with E-state index in [1.807, 2.05) is 28.3 Å². The molecule has 46 heavy (non-hydrogen) atoms. The van der Waals surface area contributed by atoms with Crippen LogP contribution >= 0.6 is 0 Å². The number of fused-ring (bicyclic) bond motifs is 2. The van der Waals surface area contributed by atoms with Crippen molar-refractivity contribution in [1.29, 1.82) is 0 Å². The van der Waals surface area contributed by atoms with E-state index in [2.05, 4.69) is 31.0 Å². The Morgan fingerprint density at radius 3 is 2.74 bits per heavy atom. The number of aromatic nitrogens is 4. The van der Waals surface area contributed by atoms with Crippen LogP contribution in [0.15, 0.2) is 30.3 Å². The second-order valence-electron chi connectivity index (χ2n) is 13.4. The summed E-state index contributed by atoms with van der Waals surface area (Å²) in [5.74, 6) is -0.434. The van der Waals surface area contributed by atoms with Gasteiger partial charge in [-0.1, -0.05) is 32.6 Å². The Hall–Kier alpha value is -3.58. The number of nitrogens with zero attached hydrogens (tertiary/aromatic N) is 4. The van der Waals surface area contributed by atoms with Crippen LogP contribution in [0.2, 0.25) is 25.7 Å². The smallest absolute Gasteiger partial charge is 0.321 e. The van der Waals surface area contributed by atoms with Crippen molar-refractivity contribution in [1.82, 2.24) is 24.6 Å². The maximum Gasteiger partial charge on any atom is 0.321 e. The Labute approximate surface area is 269 Å². The molecule has 2 aliphatic heterocycles. The number of halogens is 1. The highest BCUT2D eigenvalue weighted by atomic mass is 28.3. The molecular weight excluding hydrogens is 605 g/mol. The first-order valence-corrected chi connectivity index (χ1v) is 19.9. The highest BCUT2D eigenvalue weighted by Crippen LogP contribution is 2.38. The van der Waals surface area contributed by atoms with Gasteiger partial charge in [-0.3, -0.25) is 10.1 Å². The first kappa shape index (κ1) is 32.4. The molecule has 4 heterocycles. The van der Waals surface area contributed by atoms with Gasteiger partial charge in [-0.25, -0.2) is 14.1 Å². The van der Waals surface area contributed by atoms with E-state index < -0.39 is 25.9 Å². The SMILES string of the molecule is CCc1cc(OC)c(F)cc1-c1ccc2c(-c3nc4c(n3COCC[Si](C)(C)C)CNC(C(=O)O)C4)nn(C3CCCCO3)c2c1. The number of nitrogens with one attached hydrogen (secondary N) is 1. The van der Waals surface area contributed by atoms with Crippen LogP contribution in [0.1, 0.15) is 49.4 Å². The molecule has 12 heteroatoms. The Kier molecular flexibility index (Phi) is 9.33. The Morgan fingerprint density at radius 2 is 2.04 bits per heavy atom. The number of ether oxygens (including phenoxy) is 3. The largest absolute Gasteiger partial charge is 0.494 e. The van der Waals surface area contributed by atoms with E-state index in [1.165, 1.54) is 7.11 Å². The van der Waals surface area contributed by atoms with Crippen LogP contribution in [0, 0.1) is 5.82 Å². The predicted octanol–water partition coefficient (Wildman–Crippen LogP) is 6.39. The molecule has 6 rings (SSSR count). The van der Waals surface area contributed by atoms with Gasteiger partial charge in [-0.15, -0.1) is 0 Å². The molecule has 2 N–H and O–H groups in total. The van der Waals surface area contributed by atoms with Crippen LogP contribution in [0.4, 0.5) is 4.39 Å². The lowest BCUT2D eigenvalue weighted by Crippen LogP contribution is -2.42. The number of carbonyl (C=O) groups is 1. The van der Waals surface area contributed by atoms with Crippen LogP contribution in [-0.2, 0) is 40.4 Å². The molecule has 10 nitrogen and oxygen atoms in total. The lowest BCUT2D eigenvalue weighted by atomic mass is 9.96. The summed E-state index contributed by atoms with van der Waals surface area (Å²) in [7, 11) is 0.181. The first-order valence-electron chi connectivity index (χ1n) is 16.2. The van der Waals surface area contributed by atoms with Gasteiger partial charge in [-0.05, 0) is 72.7 Å². The third-order valence-corrected chi connectivity index (χ3v) is 10.7. The topological polar surface area (TPSA) is 113 Å². The van der Waals surface area contributed by atoms with Crippen LogP contribution in [-0.4, -0.2) is 64.8 Å². The van der Waals surface area contributed by atoms with Crippen molar-refractivity contribution < 1.29 is 28.5 Å². The summed E-state index contributed by atoms with van der Waals surface area (Å²) >= 11 is 0. The number of imidazole rings is 1. The molecule has 2 aromatic carbocycles. The molecule has 246 valence electrons. The molecule has 2 aromatic heterocycles. The molecule has 1 saturated heterocycles. The van der Waals surface area contributed by atoms with Crippen LogP contribution in [0.3, 0.4) is 0 Å².